The number of H-pyrrole nitrogens is 1. The summed E-state index contributed by atoms with van der Waals surface area (Å²) >= 11 is 5.40. The zero-order chi connectivity index (χ0) is 14.8. The Bertz CT molecular complexity index is 656. The third-order valence-corrected chi connectivity index (χ3v) is 4.56. The summed E-state index contributed by atoms with van der Waals surface area (Å²) in [6.45, 7) is 7.77. The van der Waals surface area contributed by atoms with Gasteiger partial charge in [0.2, 0.25) is 4.77 Å². The van der Waals surface area contributed by atoms with Crippen LogP contribution >= 0.6 is 12.2 Å². The molecular formula is C16H23N4S+. The van der Waals surface area contributed by atoms with Crippen LogP contribution in [0.3, 0.4) is 0 Å². The van der Waals surface area contributed by atoms with Crippen LogP contribution in [-0.4, -0.2) is 27.9 Å². The molecular weight excluding hydrogens is 280 g/mol. The van der Waals surface area contributed by atoms with Crippen molar-refractivity contribution in [2.75, 3.05) is 13.1 Å². The fraction of sp³-hybridized carbons (Fsp3) is 0.500. The van der Waals surface area contributed by atoms with E-state index < -0.39 is 0 Å². The van der Waals surface area contributed by atoms with Crippen LogP contribution in [-0.2, 0) is 6.67 Å². The normalized spacial score (nSPS) is 22.4. The molecule has 1 aliphatic rings. The molecule has 1 fully saturated rings. The molecule has 2 atom stereocenters. The van der Waals surface area contributed by atoms with E-state index in [2.05, 4.69) is 48.2 Å². The van der Waals surface area contributed by atoms with Crippen LogP contribution in [0.2, 0.25) is 0 Å². The monoisotopic (exact) mass is 303 g/mol. The van der Waals surface area contributed by atoms with Gasteiger partial charge in [-0.3, -0.25) is 5.10 Å². The van der Waals surface area contributed by atoms with Crippen molar-refractivity contribution in [2.45, 2.75) is 33.4 Å². The zero-order valence-corrected chi connectivity index (χ0v) is 13.5. The Morgan fingerprint density at radius 1 is 1.38 bits per heavy atom. The third kappa shape index (κ3) is 3.41. The Morgan fingerprint density at radius 3 is 2.86 bits per heavy atom. The molecule has 0 bridgehead atoms. The van der Waals surface area contributed by atoms with Crippen LogP contribution in [0, 0.1) is 17.6 Å². The van der Waals surface area contributed by atoms with Gasteiger partial charge in [-0.1, -0.05) is 36.8 Å². The van der Waals surface area contributed by atoms with Crippen molar-refractivity contribution in [3.8, 4) is 11.4 Å². The SMILES string of the molecule is Cc1ccc(-c2nc(=S)n(C[NH+]3CCC[C@@H](C)C3)[nH]2)cc1. The minimum absolute atomic E-state index is 0.649. The lowest BCUT2D eigenvalue weighted by Gasteiger charge is -2.27. The first-order chi connectivity index (χ1) is 10.1. The van der Waals surface area contributed by atoms with E-state index in [1.165, 1.54) is 31.5 Å². The van der Waals surface area contributed by atoms with Gasteiger partial charge in [0.25, 0.3) is 0 Å². The van der Waals surface area contributed by atoms with E-state index in [1.807, 2.05) is 4.68 Å². The summed E-state index contributed by atoms with van der Waals surface area (Å²) in [6.07, 6.45) is 2.66. The fourth-order valence-corrected chi connectivity index (χ4v) is 3.27. The second-order valence-electron chi connectivity index (χ2n) is 6.26. The van der Waals surface area contributed by atoms with Crippen LogP contribution in [0.15, 0.2) is 24.3 Å². The Balaban J connectivity index is 1.78. The Hall–Kier alpha value is -1.46. The second kappa shape index (κ2) is 6.12. The van der Waals surface area contributed by atoms with Crippen LogP contribution in [0.5, 0.6) is 0 Å². The van der Waals surface area contributed by atoms with E-state index in [9.17, 15) is 0 Å². The zero-order valence-electron chi connectivity index (χ0n) is 12.7. The maximum absolute atomic E-state index is 5.40. The topological polar surface area (TPSA) is 38.0 Å². The summed E-state index contributed by atoms with van der Waals surface area (Å²) in [7, 11) is 0. The highest BCUT2D eigenvalue weighted by atomic mass is 32.1. The highest BCUT2D eigenvalue weighted by Crippen LogP contribution is 2.15. The molecule has 5 heteroatoms. The number of rotatable bonds is 3. The lowest BCUT2D eigenvalue weighted by molar-refractivity contribution is -0.931. The van der Waals surface area contributed by atoms with Crippen LogP contribution in [0.4, 0.5) is 0 Å². The molecule has 0 spiro atoms. The largest absolute Gasteiger partial charge is 0.316 e. The maximum Gasteiger partial charge on any atom is 0.221 e. The Kier molecular flexibility index (Phi) is 4.22. The number of likely N-dealkylation sites (tertiary alicyclic amines) is 1. The first-order valence-electron chi connectivity index (χ1n) is 7.69. The minimum atomic E-state index is 0.649. The summed E-state index contributed by atoms with van der Waals surface area (Å²) in [5, 5.41) is 3.36. The number of hydrogen-bond acceptors (Lipinski definition) is 2. The second-order valence-corrected chi connectivity index (χ2v) is 6.62. The average molecular weight is 303 g/mol. The molecule has 2 heterocycles. The third-order valence-electron chi connectivity index (χ3n) is 4.25. The highest BCUT2D eigenvalue weighted by molar-refractivity contribution is 7.71. The van der Waals surface area contributed by atoms with Gasteiger partial charge in [0.05, 0.1) is 13.1 Å². The summed E-state index contributed by atoms with van der Waals surface area (Å²) in [6, 6.07) is 8.37. The standard InChI is InChI=1S/C16H22N4S/c1-12-5-7-14(8-6-12)15-17-16(21)20(18-15)11-19-9-3-4-13(2)10-19/h5-8,13H,3-4,9-11H2,1-2H3,(H,17,18,21)/p+1/t13-/m1/s1. The molecule has 0 aliphatic carbocycles. The molecule has 0 radical (unpaired) electrons. The number of quaternary nitrogens is 1. The van der Waals surface area contributed by atoms with Crippen LogP contribution < -0.4 is 4.90 Å². The van der Waals surface area contributed by atoms with Crippen LogP contribution in [0.1, 0.15) is 25.3 Å². The Morgan fingerprint density at radius 2 is 2.14 bits per heavy atom. The fourth-order valence-electron chi connectivity index (χ4n) is 3.07. The molecule has 3 rings (SSSR count). The number of piperidine rings is 1. The quantitative estimate of drug-likeness (QED) is 0.853. The molecule has 1 unspecified atom stereocenters. The summed E-state index contributed by atoms with van der Waals surface area (Å²) in [4.78, 5) is 6.09. The summed E-state index contributed by atoms with van der Waals surface area (Å²) < 4.78 is 2.66. The molecule has 1 aliphatic heterocycles. The molecule has 112 valence electrons. The summed E-state index contributed by atoms with van der Waals surface area (Å²) in [5.74, 6) is 1.67. The van der Waals surface area contributed by atoms with Gasteiger partial charge < -0.3 is 4.90 Å². The molecule has 4 nitrogen and oxygen atoms in total. The van der Waals surface area contributed by atoms with E-state index in [0.29, 0.717) is 4.77 Å². The van der Waals surface area contributed by atoms with Crippen molar-refractivity contribution in [1.82, 2.24) is 14.8 Å². The van der Waals surface area contributed by atoms with Gasteiger partial charge in [-0.25, -0.2) is 4.68 Å². The van der Waals surface area contributed by atoms with Crippen LogP contribution in [0.25, 0.3) is 11.4 Å². The van der Waals surface area contributed by atoms with Gasteiger partial charge in [-0.15, -0.1) is 0 Å². The number of hydrogen-bond donors (Lipinski definition) is 2. The van der Waals surface area contributed by atoms with E-state index in [1.54, 1.807) is 4.90 Å². The lowest BCUT2D eigenvalue weighted by atomic mass is 10.0. The van der Waals surface area contributed by atoms with Gasteiger partial charge in [0.15, 0.2) is 12.5 Å². The highest BCUT2D eigenvalue weighted by Gasteiger charge is 2.20. The van der Waals surface area contributed by atoms with Crippen molar-refractivity contribution in [2.24, 2.45) is 5.92 Å². The van der Waals surface area contributed by atoms with Gasteiger partial charge in [0, 0.05) is 11.5 Å². The maximum atomic E-state index is 5.40. The molecule has 0 amide bonds. The number of aryl methyl sites for hydroxylation is 1. The molecule has 2 aromatic rings. The smallest absolute Gasteiger partial charge is 0.221 e. The average Bonchev–Trinajstić information content (AvgIpc) is 2.81. The first-order valence-corrected chi connectivity index (χ1v) is 8.10. The van der Waals surface area contributed by atoms with Crippen molar-refractivity contribution >= 4 is 12.2 Å². The van der Waals surface area contributed by atoms with Crippen molar-refractivity contribution in [3.05, 3.63) is 34.6 Å². The van der Waals surface area contributed by atoms with E-state index in [0.717, 1.165) is 24.0 Å². The number of benzene rings is 1. The number of aromatic nitrogens is 3. The predicted molar refractivity (Wildman–Crippen MR) is 86.7 cm³/mol. The van der Waals surface area contributed by atoms with Gasteiger partial charge >= 0.3 is 0 Å². The van der Waals surface area contributed by atoms with Gasteiger partial charge in [-0.05, 0) is 32.0 Å². The van der Waals surface area contributed by atoms with Gasteiger partial charge in [-0.2, -0.15) is 4.98 Å². The van der Waals surface area contributed by atoms with E-state index in [-0.39, 0.29) is 0 Å². The minimum Gasteiger partial charge on any atom is -0.316 e. The first kappa shape index (κ1) is 14.5. The lowest BCUT2D eigenvalue weighted by Crippen LogP contribution is -3.12. The number of nitrogens with one attached hydrogen (secondary N) is 2. The van der Waals surface area contributed by atoms with Crippen molar-refractivity contribution < 1.29 is 4.90 Å². The van der Waals surface area contributed by atoms with Crippen molar-refractivity contribution in [3.63, 3.8) is 0 Å². The Labute approximate surface area is 130 Å². The number of aromatic amines is 1. The van der Waals surface area contributed by atoms with E-state index >= 15 is 0 Å². The molecule has 21 heavy (non-hydrogen) atoms. The predicted octanol–water partition coefficient (Wildman–Crippen LogP) is 2.19. The van der Waals surface area contributed by atoms with Gasteiger partial charge in [0.1, 0.15) is 0 Å². The summed E-state index contributed by atoms with van der Waals surface area (Å²) in [5.41, 5.74) is 2.34. The van der Waals surface area contributed by atoms with Crippen molar-refractivity contribution in [1.29, 1.82) is 0 Å². The van der Waals surface area contributed by atoms with E-state index in [4.69, 9.17) is 12.2 Å². The molecule has 1 aromatic heterocycles. The molecule has 1 aromatic carbocycles. The molecule has 0 saturated carbocycles. The molecule has 1 saturated heterocycles. The number of nitrogens with zero attached hydrogens (tertiary/aromatic N) is 2. The molecule has 2 N–H and O–H groups in total.